The lowest BCUT2D eigenvalue weighted by molar-refractivity contribution is -0.00000684. The van der Waals surface area contributed by atoms with Crippen LogP contribution in [0.5, 0.6) is 0 Å². The molecule has 0 radical (unpaired) electrons. The normalized spacial score (nSPS) is 11.2. The molecule has 2 aromatic heterocycles. The molecule has 0 atom stereocenters. The number of rotatable bonds is 6. The Balaban J connectivity index is 0.00000245. The molecule has 5 rings (SSSR count). The second kappa shape index (κ2) is 10.1. The molecule has 0 aliphatic rings. The maximum absolute atomic E-state index is 6.26. The van der Waals surface area contributed by atoms with E-state index in [-0.39, 0.29) is 24.0 Å². The summed E-state index contributed by atoms with van der Waals surface area (Å²) >= 11 is 1.58. The van der Waals surface area contributed by atoms with E-state index in [1.807, 2.05) is 18.4 Å². The molecule has 0 bridgehead atoms. The van der Waals surface area contributed by atoms with Crippen molar-refractivity contribution in [1.82, 2.24) is 4.98 Å². The van der Waals surface area contributed by atoms with E-state index in [1.54, 1.807) is 18.0 Å². The quantitative estimate of drug-likeness (QED) is 0.179. The van der Waals surface area contributed by atoms with E-state index in [4.69, 9.17) is 13.8 Å². The number of furan rings is 1. The highest BCUT2D eigenvalue weighted by Gasteiger charge is 2.52. The Morgan fingerprint density at radius 2 is 1.19 bits per heavy atom. The molecule has 6 heteroatoms. The van der Waals surface area contributed by atoms with Crippen LogP contribution < -0.4 is 45.3 Å². The topological polar surface area (TPSA) is 39.2 Å². The molecule has 0 aliphatic carbocycles. The van der Waals surface area contributed by atoms with Crippen LogP contribution in [0.4, 0.5) is 0 Å². The third-order valence-corrected chi connectivity index (χ3v) is 10.2. The van der Waals surface area contributed by atoms with Crippen LogP contribution in [0.15, 0.2) is 123 Å². The predicted molar refractivity (Wildman–Crippen MR) is 131 cm³/mol. The fourth-order valence-electron chi connectivity index (χ4n) is 3.92. The van der Waals surface area contributed by atoms with Crippen LogP contribution in [-0.4, -0.2) is 11.2 Å². The van der Waals surface area contributed by atoms with E-state index in [0.29, 0.717) is 11.7 Å². The minimum absolute atomic E-state index is 0. The van der Waals surface area contributed by atoms with Crippen LogP contribution in [0.1, 0.15) is 0 Å². The molecule has 0 saturated heterocycles. The molecule has 5 aromatic rings. The van der Waals surface area contributed by atoms with E-state index < -0.39 is 7.26 Å². The smallest absolute Gasteiger partial charge is 0.267 e. The minimum atomic E-state index is -2.31. The summed E-state index contributed by atoms with van der Waals surface area (Å²) in [4.78, 5) is 5.09. The first-order chi connectivity index (χ1) is 15.3. The van der Waals surface area contributed by atoms with Crippen LogP contribution in [0.25, 0.3) is 11.7 Å². The number of benzene rings is 3. The third-order valence-electron chi connectivity index (χ3n) is 5.24. The van der Waals surface area contributed by atoms with Crippen molar-refractivity contribution in [2.24, 2.45) is 0 Å². The van der Waals surface area contributed by atoms with Gasteiger partial charge in [-0.2, -0.15) is 4.98 Å². The number of oxazole rings is 1. The van der Waals surface area contributed by atoms with Gasteiger partial charge in [-0.25, -0.2) is 0 Å². The summed E-state index contributed by atoms with van der Waals surface area (Å²) in [6, 6.07) is 35.7. The Hall–Kier alpha value is -2.34. The number of hydrogen-bond acceptors (Lipinski definition) is 4. The molecule has 0 aliphatic heterocycles. The first-order valence-corrected chi connectivity index (χ1v) is 13.0. The van der Waals surface area contributed by atoms with Gasteiger partial charge in [0.25, 0.3) is 11.3 Å². The average molecular weight is 569 g/mol. The number of halogens is 1. The molecule has 160 valence electrons. The predicted octanol–water partition coefficient (Wildman–Crippen LogP) is 2.28. The summed E-state index contributed by atoms with van der Waals surface area (Å²) in [7, 11) is -2.31. The van der Waals surface area contributed by atoms with Gasteiger partial charge >= 0.3 is 0 Å². The zero-order chi connectivity index (χ0) is 21.1. The van der Waals surface area contributed by atoms with Gasteiger partial charge in [0.15, 0.2) is 13.0 Å². The molecule has 0 amide bonds. The lowest BCUT2D eigenvalue weighted by atomic mass is 10.4. The molecule has 0 fully saturated rings. The van der Waals surface area contributed by atoms with Crippen LogP contribution in [-0.2, 0) is 0 Å². The molecule has 0 spiro atoms. The van der Waals surface area contributed by atoms with Crippen LogP contribution in [0, 0.1) is 0 Å². The van der Waals surface area contributed by atoms with Gasteiger partial charge in [-0.15, -0.1) is 0 Å². The van der Waals surface area contributed by atoms with Gasteiger partial charge in [0.05, 0.1) is 6.26 Å². The van der Waals surface area contributed by atoms with E-state index in [0.717, 1.165) is 10.5 Å². The summed E-state index contributed by atoms with van der Waals surface area (Å²) in [5.41, 5.74) is 0.968. The Morgan fingerprint density at radius 3 is 1.59 bits per heavy atom. The highest BCUT2D eigenvalue weighted by molar-refractivity contribution is 8.04. The third kappa shape index (κ3) is 3.94. The summed E-state index contributed by atoms with van der Waals surface area (Å²) in [5, 5.41) is 4.53. The number of aromatic nitrogens is 1. The van der Waals surface area contributed by atoms with E-state index in [9.17, 15) is 0 Å². The fraction of sp³-hybridized carbons (Fsp3) is 0.0385. The molecule has 32 heavy (non-hydrogen) atoms. The van der Waals surface area contributed by atoms with Crippen molar-refractivity contribution in [1.29, 1.82) is 0 Å². The van der Waals surface area contributed by atoms with E-state index in [2.05, 4.69) is 91.0 Å². The molecule has 0 saturated carbocycles. The first-order valence-electron chi connectivity index (χ1n) is 9.99. The summed E-state index contributed by atoms with van der Waals surface area (Å²) < 4.78 is 11.9. The van der Waals surface area contributed by atoms with Crippen LogP contribution in [0.3, 0.4) is 0 Å². The van der Waals surface area contributed by atoms with Crippen molar-refractivity contribution in [3.63, 3.8) is 0 Å². The number of nitrogens with zero attached hydrogens (tertiary/aromatic N) is 1. The highest BCUT2D eigenvalue weighted by atomic mass is 127. The maximum Gasteiger partial charge on any atom is 0.267 e. The summed E-state index contributed by atoms with van der Waals surface area (Å²) in [6.07, 6.45) is 3.68. The maximum atomic E-state index is 6.26. The van der Waals surface area contributed by atoms with Crippen molar-refractivity contribution in [2.75, 3.05) is 6.26 Å². The largest absolute Gasteiger partial charge is 1.00 e. The highest BCUT2D eigenvalue weighted by Crippen LogP contribution is 2.55. The van der Waals surface area contributed by atoms with Gasteiger partial charge in [-0.1, -0.05) is 66.4 Å². The average Bonchev–Trinajstić information content (AvgIpc) is 3.52. The Kier molecular flexibility index (Phi) is 7.19. The number of thioether (sulfide) groups is 1. The lowest BCUT2D eigenvalue weighted by Crippen LogP contribution is -3.00. The van der Waals surface area contributed by atoms with Crippen molar-refractivity contribution in [2.45, 2.75) is 5.09 Å². The van der Waals surface area contributed by atoms with Gasteiger partial charge < -0.3 is 32.8 Å². The molecular formula is C26H21INO2PS. The van der Waals surface area contributed by atoms with Gasteiger partial charge in [0.2, 0.25) is 5.09 Å². The summed E-state index contributed by atoms with van der Waals surface area (Å²) in [5.74, 6) is 1.14. The zero-order valence-corrected chi connectivity index (χ0v) is 21.3. The molecule has 2 heterocycles. The standard InChI is InChI=1S/C26H21NO2PS.HI/c1-31-26-25(27-24(29-26)23-18-11-19-28-23)30(20-12-5-2-6-13-20,21-14-7-3-8-15-21)22-16-9-4-10-17-22;/h2-19H,1H3;1H/q+1;/p-1. The fourth-order valence-corrected chi connectivity index (χ4v) is 9.04. The van der Waals surface area contributed by atoms with Crippen LogP contribution >= 0.6 is 19.0 Å². The minimum Gasteiger partial charge on any atom is -1.00 e. The van der Waals surface area contributed by atoms with Gasteiger partial charge in [0, 0.05) is 0 Å². The van der Waals surface area contributed by atoms with E-state index in [1.165, 1.54) is 15.9 Å². The Labute approximate surface area is 209 Å². The van der Waals surface area contributed by atoms with Gasteiger partial charge in [0.1, 0.15) is 15.9 Å². The van der Waals surface area contributed by atoms with Gasteiger partial charge in [-0.05, 0) is 54.8 Å². The van der Waals surface area contributed by atoms with E-state index >= 15 is 0 Å². The number of hydrogen-bond donors (Lipinski definition) is 0. The van der Waals surface area contributed by atoms with Crippen LogP contribution in [0.2, 0.25) is 0 Å². The zero-order valence-electron chi connectivity index (χ0n) is 17.4. The van der Waals surface area contributed by atoms with Gasteiger partial charge in [-0.3, -0.25) is 0 Å². The Bertz CT molecular complexity index is 1160. The molecule has 3 nitrogen and oxygen atoms in total. The SMILES string of the molecule is CSc1oc(-c2ccco2)nc1[P+](c1ccccc1)(c1ccccc1)c1ccccc1.[I-]. The van der Waals surface area contributed by atoms with Crippen molar-refractivity contribution >= 4 is 40.4 Å². The summed E-state index contributed by atoms with van der Waals surface area (Å²) in [6.45, 7) is 0. The van der Waals surface area contributed by atoms with Crippen molar-refractivity contribution in [3.8, 4) is 11.7 Å². The molecular weight excluding hydrogens is 548 g/mol. The second-order valence-corrected chi connectivity index (χ2v) is 11.1. The van der Waals surface area contributed by atoms with Crippen molar-refractivity contribution < 1.29 is 32.8 Å². The second-order valence-electron chi connectivity index (χ2n) is 6.99. The molecule has 3 aromatic carbocycles. The lowest BCUT2D eigenvalue weighted by Gasteiger charge is -2.25. The molecule has 0 unspecified atom stereocenters. The monoisotopic (exact) mass is 569 g/mol. The van der Waals surface area contributed by atoms with Crippen molar-refractivity contribution in [3.05, 3.63) is 109 Å². The Morgan fingerprint density at radius 1 is 0.688 bits per heavy atom. The molecule has 0 N–H and O–H groups in total. The first kappa shape index (κ1) is 22.8.